The van der Waals surface area contributed by atoms with Crippen molar-refractivity contribution in [2.45, 2.75) is 19.8 Å². The molecule has 0 saturated heterocycles. The van der Waals surface area contributed by atoms with E-state index in [0.29, 0.717) is 10.7 Å². The lowest BCUT2D eigenvalue weighted by molar-refractivity contribution is 0.759. The Morgan fingerprint density at radius 2 is 2.15 bits per heavy atom. The molecular weight excluding hydrogens is 270 g/mol. The quantitative estimate of drug-likeness (QED) is 0.743. The van der Waals surface area contributed by atoms with Gasteiger partial charge in [-0.05, 0) is 43.5 Å². The molecule has 0 amide bonds. The highest BCUT2D eigenvalue weighted by Gasteiger charge is 2.20. The van der Waals surface area contributed by atoms with Crippen LogP contribution in [0.3, 0.4) is 0 Å². The van der Waals surface area contributed by atoms with Crippen molar-refractivity contribution in [3.05, 3.63) is 52.2 Å². The lowest BCUT2D eigenvalue weighted by Gasteiger charge is -2.30. The van der Waals surface area contributed by atoms with Crippen molar-refractivity contribution >= 4 is 23.1 Å². The van der Waals surface area contributed by atoms with Gasteiger partial charge in [-0.2, -0.15) is 5.26 Å². The van der Waals surface area contributed by atoms with E-state index in [-0.39, 0.29) is 0 Å². The molecule has 0 fully saturated rings. The second-order valence-electron chi connectivity index (χ2n) is 5.04. The lowest BCUT2D eigenvalue weighted by atomic mass is 9.99. The van der Waals surface area contributed by atoms with Gasteiger partial charge in [0.05, 0.1) is 11.6 Å². The molecule has 100 valence electrons. The van der Waals surface area contributed by atoms with Crippen LogP contribution in [0, 0.1) is 18.3 Å². The summed E-state index contributed by atoms with van der Waals surface area (Å²) >= 11 is 6.01. The van der Waals surface area contributed by atoms with Crippen molar-refractivity contribution < 1.29 is 0 Å². The number of anilines is 2. The molecule has 0 aliphatic carbocycles. The van der Waals surface area contributed by atoms with Gasteiger partial charge in [0, 0.05) is 12.2 Å². The van der Waals surface area contributed by atoms with E-state index in [1.54, 1.807) is 12.1 Å². The van der Waals surface area contributed by atoms with E-state index < -0.39 is 0 Å². The van der Waals surface area contributed by atoms with Crippen LogP contribution in [-0.2, 0) is 6.42 Å². The number of nitrogens with zero attached hydrogens (tertiary/aromatic N) is 3. The molecule has 1 aliphatic heterocycles. The fourth-order valence-corrected chi connectivity index (χ4v) is 2.85. The Bertz CT molecular complexity index is 703. The van der Waals surface area contributed by atoms with Crippen LogP contribution in [-0.4, -0.2) is 11.5 Å². The first-order valence-corrected chi connectivity index (χ1v) is 7.00. The van der Waals surface area contributed by atoms with Crippen LogP contribution >= 0.6 is 11.6 Å². The van der Waals surface area contributed by atoms with Crippen LogP contribution in [0.25, 0.3) is 0 Å². The van der Waals surface area contributed by atoms with Gasteiger partial charge in [-0.1, -0.05) is 29.3 Å². The number of hydrogen-bond acceptors (Lipinski definition) is 3. The minimum Gasteiger partial charge on any atom is -0.326 e. The first kappa shape index (κ1) is 13.0. The molecule has 1 aliphatic rings. The van der Waals surface area contributed by atoms with E-state index in [4.69, 9.17) is 16.9 Å². The number of halogens is 1. The van der Waals surface area contributed by atoms with E-state index in [0.717, 1.165) is 25.2 Å². The molecular formula is C16H14ClN3. The number of benzene rings is 1. The third kappa shape index (κ3) is 2.35. The summed E-state index contributed by atoms with van der Waals surface area (Å²) in [6.07, 6.45) is 2.16. The number of fused-ring (bicyclic) bond motifs is 1. The highest BCUT2D eigenvalue weighted by atomic mass is 35.5. The summed E-state index contributed by atoms with van der Waals surface area (Å²) in [5.41, 5.74) is 4.30. The van der Waals surface area contributed by atoms with Gasteiger partial charge in [0.15, 0.2) is 0 Å². The lowest BCUT2D eigenvalue weighted by Crippen LogP contribution is -2.25. The minimum absolute atomic E-state index is 0.360. The zero-order valence-electron chi connectivity index (χ0n) is 11.2. The SMILES string of the molecule is Cc1ccc2c(c1)CCCN2c1cc(C#N)cc(Cl)n1. The second-order valence-corrected chi connectivity index (χ2v) is 5.42. The number of rotatable bonds is 1. The van der Waals surface area contributed by atoms with Crippen molar-refractivity contribution in [3.8, 4) is 6.07 Å². The van der Waals surface area contributed by atoms with Gasteiger partial charge in [-0.25, -0.2) is 4.98 Å². The second kappa shape index (κ2) is 5.15. The third-order valence-corrected chi connectivity index (χ3v) is 3.73. The Morgan fingerprint density at radius 1 is 1.30 bits per heavy atom. The minimum atomic E-state index is 0.360. The zero-order chi connectivity index (χ0) is 14.1. The topological polar surface area (TPSA) is 39.9 Å². The summed E-state index contributed by atoms with van der Waals surface area (Å²) in [5, 5.41) is 9.42. The fourth-order valence-electron chi connectivity index (χ4n) is 2.65. The van der Waals surface area contributed by atoms with Crippen molar-refractivity contribution in [2.75, 3.05) is 11.4 Å². The summed E-state index contributed by atoms with van der Waals surface area (Å²) in [5.74, 6) is 0.749. The van der Waals surface area contributed by atoms with Crippen LogP contribution in [0.2, 0.25) is 5.15 Å². The van der Waals surface area contributed by atoms with E-state index in [1.807, 2.05) is 0 Å². The average molecular weight is 284 g/mol. The predicted molar refractivity (Wildman–Crippen MR) is 80.5 cm³/mol. The number of pyridine rings is 1. The van der Waals surface area contributed by atoms with Gasteiger partial charge >= 0.3 is 0 Å². The molecule has 3 nitrogen and oxygen atoms in total. The van der Waals surface area contributed by atoms with Crippen molar-refractivity contribution in [1.82, 2.24) is 4.98 Å². The monoisotopic (exact) mass is 283 g/mol. The van der Waals surface area contributed by atoms with Crippen LogP contribution in [0.5, 0.6) is 0 Å². The van der Waals surface area contributed by atoms with Crippen LogP contribution in [0.15, 0.2) is 30.3 Å². The molecule has 4 heteroatoms. The number of nitriles is 1. The molecule has 0 atom stereocenters. The standard InChI is InChI=1S/C16H14ClN3/c1-11-4-5-14-13(7-11)3-2-6-20(14)16-9-12(10-18)8-15(17)19-16/h4-5,7-9H,2-3,6H2,1H3. The summed E-state index contributed by atoms with van der Waals surface area (Å²) in [6, 6.07) is 12.0. The van der Waals surface area contributed by atoms with Gasteiger partial charge in [-0.3, -0.25) is 0 Å². The summed E-state index contributed by atoms with van der Waals surface area (Å²) in [6.45, 7) is 3.00. The molecule has 0 bridgehead atoms. The van der Waals surface area contributed by atoms with Crippen molar-refractivity contribution in [1.29, 1.82) is 5.26 Å². The Kier molecular flexibility index (Phi) is 3.33. The van der Waals surface area contributed by atoms with Crippen LogP contribution < -0.4 is 4.90 Å². The Balaban J connectivity index is 2.09. The number of aromatic nitrogens is 1. The number of aryl methyl sites for hydroxylation is 2. The van der Waals surface area contributed by atoms with E-state index in [9.17, 15) is 0 Å². The van der Waals surface area contributed by atoms with Crippen molar-refractivity contribution in [3.63, 3.8) is 0 Å². The summed E-state index contributed by atoms with van der Waals surface area (Å²) < 4.78 is 0. The normalized spacial score (nSPS) is 13.8. The number of hydrogen-bond donors (Lipinski definition) is 0. The maximum atomic E-state index is 9.06. The van der Waals surface area contributed by atoms with Gasteiger partial charge in [0.1, 0.15) is 11.0 Å². The van der Waals surface area contributed by atoms with E-state index in [2.05, 4.69) is 41.1 Å². The van der Waals surface area contributed by atoms with Crippen LogP contribution in [0.1, 0.15) is 23.1 Å². The third-order valence-electron chi connectivity index (χ3n) is 3.54. The van der Waals surface area contributed by atoms with E-state index in [1.165, 1.54) is 16.8 Å². The Morgan fingerprint density at radius 3 is 2.95 bits per heavy atom. The Labute approximate surface area is 123 Å². The van der Waals surface area contributed by atoms with Gasteiger partial charge in [-0.15, -0.1) is 0 Å². The molecule has 0 radical (unpaired) electrons. The van der Waals surface area contributed by atoms with E-state index >= 15 is 0 Å². The molecule has 3 rings (SSSR count). The smallest absolute Gasteiger partial charge is 0.136 e. The molecule has 1 aromatic heterocycles. The largest absolute Gasteiger partial charge is 0.326 e. The highest BCUT2D eigenvalue weighted by molar-refractivity contribution is 6.29. The molecule has 0 spiro atoms. The maximum absolute atomic E-state index is 9.06. The summed E-state index contributed by atoms with van der Waals surface area (Å²) in [4.78, 5) is 6.51. The first-order chi connectivity index (χ1) is 9.67. The molecule has 0 unspecified atom stereocenters. The van der Waals surface area contributed by atoms with Gasteiger partial charge in [0.25, 0.3) is 0 Å². The molecule has 1 aromatic carbocycles. The Hall–Kier alpha value is -2.05. The highest BCUT2D eigenvalue weighted by Crippen LogP contribution is 2.33. The molecule has 2 heterocycles. The molecule has 0 N–H and O–H groups in total. The maximum Gasteiger partial charge on any atom is 0.136 e. The predicted octanol–water partition coefficient (Wildman–Crippen LogP) is 4.00. The molecule has 20 heavy (non-hydrogen) atoms. The fraction of sp³-hybridized carbons (Fsp3) is 0.250. The zero-order valence-corrected chi connectivity index (χ0v) is 12.0. The van der Waals surface area contributed by atoms with Crippen LogP contribution in [0.4, 0.5) is 11.5 Å². The molecule has 0 saturated carbocycles. The first-order valence-electron chi connectivity index (χ1n) is 6.62. The average Bonchev–Trinajstić information content (AvgIpc) is 2.45. The van der Waals surface area contributed by atoms with Gasteiger partial charge < -0.3 is 4.90 Å². The van der Waals surface area contributed by atoms with Crippen molar-refractivity contribution in [2.24, 2.45) is 0 Å². The summed E-state index contributed by atoms with van der Waals surface area (Å²) in [7, 11) is 0. The van der Waals surface area contributed by atoms with Gasteiger partial charge in [0.2, 0.25) is 0 Å². The molecule has 2 aromatic rings.